The quantitative estimate of drug-likeness (QED) is 0.568. The van der Waals surface area contributed by atoms with Gasteiger partial charge in [-0.2, -0.15) is 0 Å². The molecular formula is C20H30ClN3O4. The first-order valence-electron chi connectivity index (χ1n) is 9.39. The van der Waals surface area contributed by atoms with E-state index in [1.54, 1.807) is 24.3 Å². The summed E-state index contributed by atoms with van der Waals surface area (Å²) in [5.74, 6) is -0.778. The Morgan fingerprint density at radius 2 is 1.71 bits per heavy atom. The summed E-state index contributed by atoms with van der Waals surface area (Å²) in [4.78, 5) is 35.2. The minimum absolute atomic E-state index is 0. The maximum atomic E-state index is 12.4. The third kappa shape index (κ3) is 7.48. The molecule has 1 aromatic rings. The molecule has 0 aliphatic heterocycles. The van der Waals surface area contributed by atoms with Gasteiger partial charge in [0, 0.05) is 12.1 Å². The maximum Gasteiger partial charge on any atom is 0.325 e. The number of carbonyl (C=O) groups is 3. The van der Waals surface area contributed by atoms with Crippen LogP contribution in [0.25, 0.3) is 0 Å². The van der Waals surface area contributed by atoms with E-state index in [0.29, 0.717) is 18.7 Å². The van der Waals surface area contributed by atoms with Gasteiger partial charge in [-0.1, -0.05) is 31.4 Å². The highest BCUT2D eigenvalue weighted by atomic mass is 35.5. The van der Waals surface area contributed by atoms with Crippen LogP contribution in [0.15, 0.2) is 24.3 Å². The third-order valence-corrected chi connectivity index (χ3v) is 5.14. The lowest BCUT2D eigenvalue weighted by Crippen LogP contribution is -2.36. The van der Waals surface area contributed by atoms with E-state index in [2.05, 4.69) is 15.4 Å². The van der Waals surface area contributed by atoms with Crippen molar-refractivity contribution in [3.8, 4) is 0 Å². The van der Waals surface area contributed by atoms with Crippen LogP contribution in [0.4, 0.5) is 5.69 Å². The second-order valence-corrected chi connectivity index (χ2v) is 7.22. The number of benzene rings is 1. The zero-order valence-electron chi connectivity index (χ0n) is 16.3. The molecule has 0 unspecified atom stereocenters. The van der Waals surface area contributed by atoms with Crippen LogP contribution in [0.5, 0.6) is 0 Å². The first-order valence-corrected chi connectivity index (χ1v) is 9.39. The lowest BCUT2D eigenvalue weighted by Gasteiger charge is -2.35. The van der Waals surface area contributed by atoms with Crippen molar-refractivity contribution in [2.45, 2.75) is 44.9 Å². The molecule has 1 aromatic carbocycles. The zero-order chi connectivity index (χ0) is 19.7. The molecule has 0 aromatic heterocycles. The summed E-state index contributed by atoms with van der Waals surface area (Å²) >= 11 is 0. The molecule has 4 N–H and O–H groups in total. The van der Waals surface area contributed by atoms with E-state index >= 15 is 0 Å². The molecule has 0 radical (unpaired) electrons. The van der Waals surface area contributed by atoms with Crippen molar-refractivity contribution < 1.29 is 19.1 Å². The number of anilines is 1. The Morgan fingerprint density at radius 1 is 1.07 bits per heavy atom. The molecule has 1 saturated carbocycles. The molecule has 8 heteroatoms. The third-order valence-electron chi connectivity index (χ3n) is 5.14. The number of hydrogen-bond donors (Lipinski definition) is 3. The van der Waals surface area contributed by atoms with Crippen LogP contribution < -0.4 is 16.4 Å². The van der Waals surface area contributed by atoms with Gasteiger partial charge in [0.05, 0.1) is 13.5 Å². The van der Waals surface area contributed by atoms with E-state index < -0.39 is 5.97 Å². The van der Waals surface area contributed by atoms with Gasteiger partial charge in [0.2, 0.25) is 11.8 Å². The highest BCUT2D eigenvalue weighted by Crippen LogP contribution is 2.38. The molecule has 1 aliphatic carbocycles. The Kier molecular flexibility index (Phi) is 9.96. The summed E-state index contributed by atoms with van der Waals surface area (Å²) < 4.78 is 4.47. The summed E-state index contributed by atoms with van der Waals surface area (Å²) in [7, 11) is 1.27. The smallest absolute Gasteiger partial charge is 0.325 e. The first kappa shape index (κ1) is 23.9. The SMILES string of the molecule is COC(=O)CNC(=O)Cc1ccc(NC(=O)CC2(CN)CCCCC2)cc1.Cl. The number of esters is 1. The molecule has 0 saturated heterocycles. The molecule has 0 bridgehead atoms. The molecule has 2 amide bonds. The van der Waals surface area contributed by atoms with Gasteiger partial charge in [0.25, 0.3) is 0 Å². The number of methoxy groups -OCH3 is 1. The van der Waals surface area contributed by atoms with Crippen molar-refractivity contribution >= 4 is 35.9 Å². The van der Waals surface area contributed by atoms with Crippen LogP contribution in [-0.2, 0) is 25.5 Å². The Labute approximate surface area is 172 Å². The van der Waals surface area contributed by atoms with Crippen LogP contribution in [0, 0.1) is 5.41 Å². The average Bonchev–Trinajstić information content (AvgIpc) is 2.68. The Morgan fingerprint density at radius 3 is 2.29 bits per heavy atom. The number of carbonyl (C=O) groups excluding carboxylic acids is 3. The fourth-order valence-electron chi connectivity index (χ4n) is 3.50. The highest BCUT2D eigenvalue weighted by Gasteiger charge is 2.32. The van der Waals surface area contributed by atoms with Crippen molar-refractivity contribution in [3.05, 3.63) is 29.8 Å². The normalized spacial score (nSPS) is 15.1. The fourth-order valence-corrected chi connectivity index (χ4v) is 3.50. The predicted octanol–water partition coefficient (Wildman–Crippen LogP) is 2.18. The van der Waals surface area contributed by atoms with E-state index in [9.17, 15) is 14.4 Å². The Hall–Kier alpha value is -2.12. The lowest BCUT2D eigenvalue weighted by atomic mass is 9.71. The zero-order valence-corrected chi connectivity index (χ0v) is 17.1. The molecule has 0 heterocycles. The van der Waals surface area contributed by atoms with Gasteiger partial charge < -0.3 is 21.1 Å². The number of amides is 2. The molecule has 1 fully saturated rings. The minimum Gasteiger partial charge on any atom is -0.468 e. The summed E-state index contributed by atoms with van der Waals surface area (Å²) in [5, 5.41) is 5.41. The molecule has 28 heavy (non-hydrogen) atoms. The molecule has 0 spiro atoms. The molecule has 2 rings (SSSR count). The van der Waals surface area contributed by atoms with Crippen LogP contribution in [-0.4, -0.2) is 38.0 Å². The van der Waals surface area contributed by atoms with E-state index in [1.165, 1.54) is 13.5 Å². The summed E-state index contributed by atoms with van der Waals surface area (Å²) in [6.45, 7) is 0.395. The second-order valence-electron chi connectivity index (χ2n) is 7.22. The summed E-state index contributed by atoms with van der Waals surface area (Å²) in [6, 6.07) is 7.12. The van der Waals surface area contributed by atoms with Crippen LogP contribution >= 0.6 is 12.4 Å². The van der Waals surface area contributed by atoms with Gasteiger partial charge in [-0.05, 0) is 42.5 Å². The largest absolute Gasteiger partial charge is 0.468 e. The number of nitrogens with two attached hydrogens (primary N) is 1. The first-order chi connectivity index (χ1) is 13.0. The Bertz CT molecular complexity index is 658. The Balaban J connectivity index is 0.00000392. The standard InChI is InChI=1S/C20H29N3O4.ClH/c1-27-19(26)13-22-17(24)11-15-5-7-16(8-6-15)23-18(25)12-20(14-21)9-3-2-4-10-20;/h5-8H,2-4,9-14,21H2,1H3,(H,22,24)(H,23,25);1H. The van der Waals surface area contributed by atoms with Gasteiger partial charge >= 0.3 is 5.97 Å². The van der Waals surface area contributed by atoms with E-state index in [4.69, 9.17) is 5.73 Å². The molecule has 0 atom stereocenters. The topological polar surface area (TPSA) is 111 Å². The van der Waals surface area contributed by atoms with E-state index in [-0.39, 0.29) is 42.6 Å². The van der Waals surface area contributed by atoms with Gasteiger partial charge in [-0.3, -0.25) is 14.4 Å². The average molecular weight is 412 g/mol. The molecule has 156 valence electrons. The second kappa shape index (κ2) is 11.7. The van der Waals surface area contributed by atoms with Crippen molar-refractivity contribution in [1.29, 1.82) is 0 Å². The van der Waals surface area contributed by atoms with Crippen molar-refractivity contribution in [2.24, 2.45) is 11.1 Å². The number of hydrogen-bond acceptors (Lipinski definition) is 5. The van der Waals surface area contributed by atoms with Gasteiger partial charge in [0.1, 0.15) is 6.54 Å². The monoisotopic (exact) mass is 411 g/mol. The summed E-state index contributed by atoms with van der Waals surface area (Å²) in [6.07, 6.45) is 6.11. The number of rotatable bonds is 8. The lowest BCUT2D eigenvalue weighted by molar-refractivity contribution is -0.141. The number of halogens is 1. The molecule has 1 aliphatic rings. The highest BCUT2D eigenvalue weighted by molar-refractivity contribution is 5.91. The van der Waals surface area contributed by atoms with Crippen LogP contribution in [0.2, 0.25) is 0 Å². The fraction of sp³-hybridized carbons (Fsp3) is 0.550. The van der Waals surface area contributed by atoms with E-state index in [0.717, 1.165) is 31.2 Å². The molecule has 7 nitrogen and oxygen atoms in total. The molecular weight excluding hydrogens is 382 g/mol. The van der Waals surface area contributed by atoms with Crippen molar-refractivity contribution in [3.63, 3.8) is 0 Å². The van der Waals surface area contributed by atoms with E-state index in [1.807, 2.05) is 0 Å². The summed E-state index contributed by atoms with van der Waals surface area (Å²) in [5.41, 5.74) is 7.37. The predicted molar refractivity (Wildman–Crippen MR) is 110 cm³/mol. The van der Waals surface area contributed by atoms with Gasteiger partial charge in [-0.15, -0.1) is 12.4 Å². The number of ether oxygens (including phenoxy) is 1. The maximum absolute atomic E-state index is 12.4. The number of nitrogens with one attached hydrogen (secondary N) is 2. The van der Waals surface area contributed by atoms with Crippen LogP contribution in [0.3, 0.4) is 0 Å². The van der Waals surface area contributed by atoms with Gasteiger partial charge in [0.15, 0.2) is 0 Å². The van der Waals surface area contributed by atoms with Crippen LogP contribution in [0.1, 0.15) is 44.1 Å². The van der Waals surface area contributed by atoms with Crippen molar-refractivity contribution in [1.82, 2.24) is 5.32 Å². The van der Waals surface area contributed by atoms with Crippen molar-refractivity contribution in [2.75, 3.05) is 25.5 Å². The van der Waals surface area contributed by atoms with Gasteiger partial charge in [-0.25, -0.2) is 0 Å². The minimum atomic E-state index is -0.491.